The lowest BCUT2D eigenvalue weighted by atomic mass is 9.84. The summed E-state index contributed by atoms with van der Waals surface area (Å²) in [7, 11) is 0. The quantitative estimate of drug-likeness (QED) is 0.231. The van der Waals surface area contributed by atoms with Gasteiger partial charge in [0, 0.05) is 10.8 Å². The number of para-hydroxylation sites is 2. The van der Waals surface area contributed by atoms with Crippen LogP contribution in [0.2, 0.25) is 0 Å². The van der Waals surface area contributed by atoms with Gasteiger partial charge in [-0.05, 0) is 82.6 Å². The molecular formula is C36H24F2N2. The molecule has 0 aliphatic heterocycles. The maximum absolute atomic E-state index is 13.9. The normalized spacial score (nSPS) is 12.8. The molecule has 4 heteroatoms. The minimum atomic E-state index is -0.257. The first kappa shape index (κ1) is 24.1. The molecule has 0 spiro atoms. The predicted octanol–water partition coefficient (Wildman–Crippen LogP) is 9.17. The molecule has 1 aliphatic carbocycles. The average Bonchev–Trinajstić information content (AvgIpc) is 2.97. The third-order valence-corrected chi connectivity index (χ3v) is 7.51. The van der Waals surface area contributed by atoms with Gasteiger partial charge in [-0.3, -0.25) is 0 Å². The Kier molecular flexibility index (Phi) is 6.01. The number of halogens is 2. The second-order valence-corrected chi connectivity index (χ2v) is 10.0. The van der Waals surface area contributed by atoms with Crippen LogP contribution in [0.3, 0.4) is 0 Å². The number of rotatable bonds is 4. The third kappa shape index (κ3) is 4.38. The molecule has 0 fully saturated rings. The van der Waals surface area contributed by atoms with Crippen LogP contribution < -0.4 is 0 Å². The molecule has 40 heavy (non-hydrogen) atoms. The minimum absolute atomic E-state index is 0.257. The van der Waals surface area contributed by atoms with Gasteiger partial charge in [0.15, 0.2) is 0 Å². The molecule has 0 atom stereocenters. The number of pyridine rings is 2. The van der Waals surface area contributed by atoms with Crippen molar-refractivity contribution in [3.63, 3.8) is 0 Å². The highest BCUT2D eigenvalue weighted by atomic mass is 19.1. The van der Waals surface area contributed by atoms with Gasteiger partial charge in [0.2, 0.25) is 0 Å². The summed E-state index contributed by atoms with van der Waals surface area (Å²) in [4.78, 5) is 10.3. The number of nitrogens with zero attached hydrogens (tertiary/aromatic N) is 2. The van der Waals surface area contributed by atoms with Crippen molar-refractivity contribution in [1.29, 1.82) is 0 Å². The highest BCUT2D eigenvalue weighted by Crippen LogP contribution is 2.40. The van der Waals surface area contributed by atoms with E-state index in [-0.39, 0.29) is 11.6 Å². The summed E-state index contributed by atoms with van der Waals surface area (Å²) in [6.45, 7) is 0. The zero-order valence-electron chi connectivity index (χ0n) is 21.6. The molecule has 1 aliphatic rings. The van der Waals surface area contributed by atoms with Gasteiger partial charge in [0.25, 0.3) is 0 Å². The fourth-order valence-electron chi connectivity index (χ4n) is 5.66. The topological polar surface area (TPSA) is 25.8 Å². The van der Waals surface area contributed by atoms with Crippen molar-refractivity contribution in [3.8, 4) is 11.4 Å². The monoisotopic (exact) mass is 522 g/mol. The second kappa shape index (κ2) is 9.97. The van der Waals surface area contributed by atoms with E-state index in [0.717, 1.165) is 79.4 Å². The van der Waals surface area contributed by atoms with Crippen LogP contribution in [-0.4, -0.2) is 9.97 Å². The van der Waals surface area contributed by atoms with Gasteiger partial charge >= 0.3 is 0 Å². The van der Waals surface area contributed by atoms with Gasteiger partial charge in [-0.15, -0.1) is 0 Å². The molecule has 0 bridgehead atoms. The fraction of sp³-hybridized carbons (Fsp3) is 0.0556. The van der Waals surface area contributed by atoms with Gasteiger partial charge in [-0.1, -0.05) is 85.0 Å². The molecule has 0 saturated heterocycles. The molecule has 2 nitrogen and oxygen atoms in total. The Morgan fingerprint density at radius 3 is 1.40 bits per heavy atom. The summed E-state index contributed by atoms with van der Waals surface area (Å²) < 4.78 is 27.7. The molecule has 0 unspecified atom stereocenters. The van der Waals surface area contributed by atoms with Gasteiger partial charge in [-0.2, -0.15) is 0 Å². The Labute approximate surface area is 231 Å². The van der Waals surface area contributed by atoms with Crippen LogP contribution in [0, 0.1) is 11.6 Å². The van der Waals surface area contributed by atoms with Crippen molar-refractivity contribution in [3.05, 3.63) is 142 Å². The standard InChI is InChI=1S/C36H24F2N2/c37-25-9-5-7-23(21-25)15-17-27-29-11-1-3-13-33(29)39-35-31(27)19-20-32-28(18-16-24-8-6-10-26(38)22-24)30-12-2-4-14-34(30)40-36(32)35/h1-18,21-22H,19-20H2/b17-15+,18-16+. The van der Waals surface area contributed by atoms with Crippen molar-refractivity contribution in [2.75, 3.05) is 0 Å². The molecule has 0 amide bonds. The number of benzene rings is 4. The van der Waals surface area contributed by atoms with E-state index in [1.807, 2.05) is 60.7 Å². The summed E-state index contributed by atoms with van der Waals surface area (Å²) in [5, 5.41) is 2.12. The number of aromatic nitrogens is 2. The smallest absolute Gasteiger partial charge is 0.123 e. The molecule has 0 N–H and O–H groups in total. The van der Waals surface area contributed by atoms with Crippen LogP contribution in [0.15, 0.2) is 97.1 Å². The first-order valence-electron chi connectivity index (χ1n) is 13.3. The summed E-state index contributed by atoms with van der Waals surface area (Å²) in [5.41, 5.74) is 9.60. The van der Waals surface area contributed by atoms with Gasteiger partial charge < -0.3 is 0 Å². The minimum Gasteiger partial charge on any atom is -0.246 e. The zero-order chi connectivity index (χ0) is 27.1. The van der Waals surface area contributed by atoms with Crippen LogP contribution in [0.25, 0.3) is 57.5 Å². The van der Waals surface area contributed by atoms with E-state index in [2.05, 4.69) is 24.3 Å². The summed E-state index contributed by atoms with van der Waals surface area (Å²) in [6, 6.07) is 29.5. The van der Waals surface area contributed by atoms with Crippen LogP contribution in [-0.2, 0) is 12.8 Å². The highest BCUT2D eigenvalue weighted by molar-refractivity contribution is 5.99. The second-order valence-electron chi connectivity index (χ2n) is 10.0. The SMILES string of the molecule is Fc1cccc(/C=C/c2c3c(nc4ccccc24)-c2nc4ccccc4c(/C=C/c4cccc(F)c4)c2CC3)c1. The molecule has 192 valence electrons. The molecule has 7 rings (SSSR count). The highest BCUT2D eigenvalue weighted by Gasteiger charge is 2.25. The van der Waals surface area contributed by atoms with Gasteiger partial charge in [0.05, 0.1) is 22.4 Å². The maximum atomic E-state index is 13.9. The van der Waals surface area contributed by atoms with Crippen molar-refractivity contribution in [2.24, 2.45) is 0 Å². The molecule has 4 aromatic carbocycles. The molecule has 2 heterocycles. The Morgan fingerprint density at radius 2 is 0.950 bits per heavy atom. The van der Waals surface area contributed by atoms with E-state index in [0.29, 0.717) is 0 Å². The predicted molar refractivity (Wildman–Crippen MR) is 161 cm³/mol. The molecule has 0 saturated carbocycles. The van der Waals surface area contributed by atoms with Crippen LogP contribution in [0.5, 0.6) is 0 Å². The van der Waals surface area contributed by atoms with E-state index < -0.39 is 0 Å². The van der Waals surface area contributed by atoms with Gasteiger partial charge in [-0.25, -0.2) is 18.7 Å². The first-order chi connectivity index (χ1) is 19.6. The fourth-order valence-corrected chi connectivity index (χ4v) is 5.66. The van der Waals surface area contributed by atoms with E-state index >= 15 is 0 Å². The summed E-state index contributed by atoms with van der Waals surface area (Å²) in [5.74, 6) is -0.514. The van der Waals surface area contributed by atoms with Crippen LogP contribution >= 0.6 is 0 Å². The van der Waals surface area contributed by atoms with E-state index in [4.69, 9.17) is 9.97 Å². The lowest BCUT2D eigenvalue weighted by molar-refractivity contribution is 0.627. The Morgan fingerprint density at radius 1 is 0.500 bits per heavy atom. The van der Waals surface area contributed by atoms with Crippen molar-refractivity contribution in [1.82, 2.24) is 9.97 Å². The zero-order valence-corrected chi connectivity index (χ0v) is 21.6. The van der Waals surface area contributed by atoms with E-state index in [1.165, 1.54) is 24.3 Å². The van der Waals surface area contributed by atoms with E-state index in [9.17, 15) is 8.78 Å². The van der Waals surface area contributed by atoms with Crippen LogP contribution in [0.4, 0.5) is 8.78 Å². The Bertz CT molecular complexity index is 1840. The number of hydrogen-bond donors (Lipinski definition) is 0. The van der Waals surface area contributed by atoms with Crippen molar-refractivity contribution in [2.45, 2.75) is 12.8 Å². The summed E-state index contributed by atoms with van der Waals surface area (Å²) >= 11 is 0. The Hall–Kier alpha value is -4.96. The molecular weight excluding hydrogens is 498 g/mol. The van der Waals surface area contributed by atoms with Gasteiger partial charge in [0.1, 0.15) is 11.6 Å². The molecule has 0 radical (unpaired) electrons. The maximum Gasteiger partial charge on any atom is 0.123 e. The van der Waals surface area contributed by atoms with Crippen LogP contribution in [0.1, 0.15) is 33.4 Å². The largest absolute Gasteiger partial charge is 0.246 e. The summed E-state index contributed by atoms with van der Waals surface area (Å²) in [6.07, 6.45) is 9.67. The van der Waals surface area contributed by atoms with Crippen molar-refractivity contribution >= 4 is 46.1 Å². The lowest BCUT2D eigenvalue weighted by Crippen LogP contribution is -2.12. The van der Waals surface area contributed by atoms with Crippen molar-refractivity contribution < 1.29 is 8.78 Å². The molecule has 6 aromatic rings. The number of fused-ring (bicyclic) bond motifs is 5. The lowest BCUT2D eigenvalue weighted by Gasteiger charge is -2.24. The first-order valence-corrected chi connectivity index (χ1v) is 13.3. The van der Waals surface area contributed by atoms with E-state index in [1.54, 1.807) is 12.1 Å². The number of hydrogen-bond acceptors (Lipinski definition) is 2. The Balaban J connectivity index is 1.44. The molecule has 2 aromatic heterocycles. The third-order valence-electron chi connectivity index (χ3n) is 7.51. The average molecular weight is 523 g/mol.